The normalized spacial score (nSPS) is 20.9. The number of benzene rings is 1. The van der Waals surface area contributed by atoms with E-state index in [1.54, 1.807) is 6.20 Å². The third-order valence-electron chi connectivity index (χ3n) is 6.62. The Labute approximate surface area is 175 Å². The van der Waals surface area contributed by atoms with Gasteiger partial charge in [0.05, 0.1) is 28.7 Å². The zero-order chi connectivity index (χ0) is 20.8. The van der Waals surface area contributed by atoms with Gasteiger partial charge >= 0.3 is 0 Å². The molecule has 0 radical (unpaired) electrons. The predicted molar refractivity (Wildman–Crippen MR) is 116 cm³/mol. The fourth-order valence-electron chi connectivity index (χ4n) is 4.97. The number of aromatic nitrogens is 3. The number of fused-ring (bicyclic) bond motifs is 3. The Kier molecular flexibility index (Phi) is 4.85. The molecule has 2 fully saturated rings. The number of piperidine rings is 1. The van der Waals surface area contributed by atoms with Crippen LogP contribution in [0, 0.1) is 12.8 Å². The number of pyridine rings is 1. The van der Waals surface area contributed by atoms with E-state index in [4.69, 9.17) is 4.74 Å². The Balaban J connectivity index is 1.67. The van der Waals surface area contributed by atoms with Crippen LogP contribution >= 0.6 is 0 Å². The van der Waals surface area contributed by atoms with Crippen LogP contribution in [0.1, 0.15) is 54.6 Å². The van der Waals surface area contributed by atoms with Crippen molar-refractivity contribution in [1.82, 2.24) is 19.7 Å². The highest BCUT2D eigenvalue weighted by Gasteiger charge is 2.25. The minimum absolute atomic E-state index is 0.0810. The van der Waals surface area contributed by atoms with Gasteiger partial charge in [0, 0.05) is 37.3 Å². The lowest BCUT2D eigenvalue weighted by molar-refractivity contribution is 0.0675. The number of aryl methyl sites for hydroxylation is 1. The minimum Gasteiger partial charge on any atom is -0.381 e. The molecule has 1 amide bonds. The number of ether oxygens (including phenoxy) is 1. The van der Waals surface area contributed by atoms with E-state index in [9.17, 15) is 9.59 Å². The molecule has 3 aromatic rings. The number of H-pyrrole nitrogens is 1. The lowest BCUT2D eigenvalue weighted by Gasteiger charge is -2.31. The molecular weight excluding hydrogens is 380 g/mol. The Bertz CT molecular complexity index is 1170. The van der Waals surface area contributed by atoms with Crippen LogP contribution in [0.4, 0.5) is 0 Å². The van der Waals surface area contributed by atoms with Crippen molar-refractivity contribution in [3.05, 3.63) is 39.8 Å². The number of aromatic amines is 1. The van der Waals surface area contributed by atoms with E-state index in [2.05, 4.69) is 17.0 Å². The monoisotopic (exact) mass is 408 g/mol. The minimum atomic E-state index is -0.140. The largest absolute Gasteiger partial charge is 0.381 e. The number of carbonyl (C=O) groups excluding carboxylic acids is 1. The molecule has 5 rings (SSSR count). The molecule has 4 heterocycles. The zero-order valence-electron chi connectivity index (χ0n) is 17.6. The van der Waals surface area contributed by atoms with Crippen LogP contribution in [-0.4, -0.2) is 51.9 Å². The molecule has 0 saturated carbocycles. The van der Waals surface area contributed by atoms with E-state index in [1.165, 1.54) is 6.42 Å². The highest BCUT2D eigenvalue weighted by Crippen LogP contribution is 2.30. The number of hydrogen-bond acceptors (Lipinski definition) is 4. The second-order valence-corrected chi connectivity index (χ2v) is 8.86. The average molecular weight is 409 g/mol. The van der Waals surface area contributed by atoms with Crippen LogP contribution in [0.3, 0.4) is 0 Å². The number of amides is 1. The maximum Gasteiger partial charge on any atom is 0.259 e. The SMILES string of the molecule is Cc1cc2[nH]c(=O)c3cnn(C4CCOCC4)c3c2cc1C(=O)N1CCCC(C)C1. The first-order valence-corrected chi connectivity index (χ1v) is 10.9. The molecule has 2 aliphatic heterocycles. The molecule has 0 aliphatic carbocycles. The summed E-state index contributed by atoms with van der Waals surface area (Å²) in [5.41, 5.74) is 3.03. The lowest BCUT2D eigenvalue weighted by Crippen LogP contribution is -2.39. The van der Waals surface area contributed by atoms with Crippen molar-refractivity contribution in [2.24, 2.45) is 5.92 Å². The molecule has 158 valence electrons. The molecule has 0 bridgehead atoms. The van der Waals surface area contributed by atoms with Gasteiger partial charge in [0.2, 0.25) is 0 Å². The van der Waals surface area contributed by atoms with E-state index >= 15 is 0 Å². The standard InChI is InChI=1S/C23H28N4O3/c1-14-4-3-7-26(13-14)23(29)17-11-18-20(10-15(17)2)25-22(28)19-12-24-27(21(18)19)16-5-8-30-9-6-16/h10-12,14,16H,3-9,13H2,1-2H3,(H,25,28). The highest BCUT2D eigenvalue weighted by atomic mass is 16.5. The van der Waals surface area contributed by atoms with Gasteiger partial charge in [-0.3, -0.25) is 14.3 Å². The number of nitrogens with zero attached hydrogens (tertiary/aromatic N) is 3. The summed E-state index contributed by atoms with van der Waals surface area (Å²) >= 11 is 0. The van der Waals surface area contributed by atoms with Crippen molar-refractivity contribution in [2.45, 2.75) is 45.6 Å². The maximum absolute atomic E-state index is 13.4. The van der Waals surface area contributed by atoms with Gasteiger partial charge in [-0.25, -0.2) is 0 Å². The van der Waals surface area contributed by atoms with Gasteiger partial charge in [-0.1, -0.05) is 6.92 Å². The molecule has 1 unspecified atom stereocenters. The number of likely N-dealkylation sites (tertiary alicyclic amines) is 1. The smallest absolute Gasteiger partial charge is 0.259 e. The molecule has 1 aromatic carbocycles. The van der Waals surface area contributed by atoms with Crippen LogP contribution in [-0.2, 0) is 4.74 Å². The first-order chi connectivity index (χ1) is 14.5. The van der Waals surface area contributed by atoms with Gasteiger partial charge in [-0.15, -0.1) is 0 Å². The molecule has 7 heteroatoms. The average Bonchev–Trinajstić information content (AvgIpc) is 3.20. The summed E-state index contributed by atoms with van der Waals surface area (Å²) in [4.78, 5) is 31.0. The van der Waals surface area contributed by atoms with Crippen LogP contribution in [0.15, 0.2) is 23.1 Å². The number of nitrogens with one attached hydrogen (secondary N) is 1. The molecule has 2 aliphatic rings. The van der Waals surface area contributed by atoms with E-state index in [0.29, 0.717) is 30.1 Å². The lowest BCUT2D eigenvalue weighted by atomic mass is 9.97. The van der Waals surface area contributed by atoms with Crippen LogP contribution in [0.25, 0.3) is 21.8 Å². The van der Waals surface area contributed by atoms with Gasteiger partial charge in [-0.2, -0.15) is 5.10 Å². The third-order valence-corrected chi connectivity index (χ3v) is 6.62. The highest BCUT2D eigenvalue weighted by molar-refractivity contribution is 6.07. The molecule has 30 heavy (non-hydrogen) atoms. The van der Waals surface area contributed by atoms with Gasteiger partial charge in [-0.05, 0) is 56.2 Å². The van der Waals surface area contributed by atoms with Crippen molar-refractivity contribution in [3.8, 4) is 0 Å². The number of carbonyl (C=O) groups is 1. The quantitative estimate of drug-likeness (QED) is 0.705. The summed E-state index contributed by atoms with van der Waals surface area (Å²) in [6.07, 6.45) is 5.61. The van der Waals surface area contributed by atoms with Crippen LogP contribution in [0.5, 0.6) is 0 Å². The maximum atomic E-state index is 13.4. The Morgan fingerprint density at radius 2 is 2.00 bits per heavy atom. The summed E-state index contributed by atoms with van der Waals surface area (Å²) in [6, 6.07) is 4.09. The molecule has 7 nitrogen and oxygen atoms in total. The summed E-state index contributed by atoms with van der Waals surface area (Å²) < 4.78 is 7.48. The van der Waals surface area contributed by atoms with Crippen molar-refractivity contribution >= 4 is 27.7 Å². The van der Waals surface area contributed by atoms with Crippen LogP contribution in [0.2, 0.25) is 0 Å². The van der Waals surface area contributed by atoms with Gasteiger partial charge in [0.25, 0.3) is 11.5 Å². The van der Waals surface area contributed by atoms with Crippen molar-refractivity contribution in [1.29, 1.82) is 0 Å². The predicted octanol–water partition coefficient (Wildman–Crippen LogP) is 3.41. The number of hydrogen-bond donors (Lipinski definition) is 1. The van der Waals surface area contributed by atoms with Gasteiger partial charge in [0.1, 0.15) is 0 Å². The first kappa shape index (κ1) is 19.3. The van der Waals surface area contributed by atoms with Crippen molar-refractivity contribution < 1.29 is 9.53 Å². The summed E-state index contributed by atoms with van der Waals surface area (Å²) in [5.74, 6) is 0.610. The number of rotatable bonds is 2. The molecule has 2 saturated heterocycles. The first-order valence-electron chi connectivity index (χ1n) is 10.9. The topological polar surface area (TPSA) is 80.2 Å². The molecule has 2 aromatic heterocycles. The Morgan fingerprint density at radius 1 is 1.20 bits per heavy atom. The Hall–Kier alpha value is -2.67. The molecular formula is C23H28N4O3. The van der Waals surface area contributed by atoms with Crippen molar-refractivity contribution in [3.63, 3.8) is 0 Å². The third kappa shape index (κ3) is 3.21. The summed E-state index contributed by atoms with van der Waals surface area (Å²) in [6.45, 7) is 7.15. The molecule has 0 spiro atoms. The fraction of sp³-hybridized carbons (Fsp3) is 0.522. The van der Waals surface area contributed by atoms with E-state index in [-0.39, 0.29) is 17.5 Å². The van der Waals surface area contributed by atoms with Crippen molar-refractivity contribution in [2.75, 3.05) is 26.3 Å². The second-order valence-electron chi connectivity index (χ2n) is 8.86. The van der Waals surface area contributed by atoms with Crippen LogP contribution < -0.4 is 5.56 Å². The second kappa shape index (κ2) is 7.54. The van der Waals surface area contributed by atoms with Gasteiger partial charge in [0.15, 0.2) is 0 Å². The Morgan fingerprint density at radius 3 is 2.77 bits per heavy atom. The van der Waals surface area contributed by atoms with E-state index < -0.39 is 0 Å². The van der Waals surface area contributed by atoms with E-state index in [1.807, 2.05) is 28.6 Å². The molecule has 1 atom stereocenters. The van der Waals surface area contributed by atoms with E-state index in [0.717, 1.165) is 54.3 Å². The molecule has 1 N–H and O–H groups in total. The summed E-state index contributed by atoms with van der Waals surface area (Å²) in [5, 5.41) is 6.03. The summed E-state index contributed by atoms with van der Waals surface area (Å²) in [7, 11) is 0. The van der Waals surface area contributed by atoms with Gasteiger partial charge < -0.3 is 14.6 Å². The fourth-order valence-corrected chi connectivity index (χ4v) is 4.97. The zero-order valence-corrected chi connectivity index (χ0v) is 17.6.